The Kier molecular flexibility index (Phi) is 12.3. The van der Waals surface area contributed by atoms with Crippen LogP contribution in [0.4, 0.5) is 19.0 Å². The smallest absolute Gasteiger partial charge is 0.361 e. The molecule has 3 heterocycles. The van der Waals surface area contributed by atoms with E-state index in [4.69, 9.17) is 5.73 Å². The van der Waals surface area contributed by atoms with Gasteiger partial charge in [0.25, 0.3) is 0 Å². The van der Waals surface area contributed by atoms with Crippen LogP contribution < -0.4 is 16.4 Å². The number of piperidine rings is 1. The summed E-state index contributed by atoms with van der Waals surface area (Å²) in [5.41, 5.74) is 5.96. The van der Waals surface area contributed by atoms with Gasteiger partial charge in [0.15, 0.2) is 5.82 Å². The Balaban J connectivity index is 0.00000312. The number of fused-ring (bicyclic) bond motifs is 1. The average Bonchev–Trinajstić information content (AvgIpc) is 3.63. The first-order valence-corrected chi connectivity index (χ1v) is 15.2. The fraction of sp³-hybridized carbons (Fsp3) is 0.394. The van der Waals surface area contributed by atoms with Crippen molar-refractivity contribution in [1.82, 2.24) is 24.8 Å². The van der Waals surface area contributed by atoms with Crippen LogP contribution in [0.1, 0.15) is 56.3 Å². The van der Waals surface area contributed by atoms with E-state index >= 15 is 0 Å². The van der Waals surface area contributed by atoms with Crippen molar-refractivity contribution in [3.63, 3.8) is 0 Å². The van der Waals surface area contributed by atoms with Gasteiger partial charge in [0.1, 0.15) is 12.1 Å². The van der Waals surface area contributed by atoms with Gasteiger partial charge in [-0.3, -0.25) is 14.4 Å². The highest BCUT2D eigenvalue weighted by Gasteiger charge is 2.34. The first kappa shape index (κ1) is 38.4. The Morgan fingerprint density at radius 1 is 1.04 bits per heavy atom. The number of rotatable bonds is 9. The number of nitrogens with one attached hydrogen (secondary N) is 3. The molecule has 10 nitrogen and oxygen atoms in total. The lowest BCUT2D eigenvalue weighted by Crippen LogP contribution is -2.55. The summed E-state index contributed by atoms with van der Waals surface area (Å²) < 4.78 is 41.4. The Hall–Kier alpha value is -4.07. The summed E-state index contributed by atoms with van der Waals surface area (Å²) in [6, 6.07) is 10.0. The molecule has 0 spiro atoms. The maximum atomic E-state index is 13.8. The van der Waals surface area contributed by atoms with Crippen molar-refractivity contribution in [2.75, 3.05) is 18.4 Å². The predicted molar refractivity (Wildman–Crippen MR) is 182 cm³/mol. The standard InChI is InChI=1S/C33H38F3N7O3.2ClH/c1-20-12-14-42(15-13-20)30(45)28(21-8-10-23(11-9-21)33(34,35)36)43-18-27(39-19-43)41-29(44)26(40-31(46)32(2,3)37)16-22-17-38-25-7-5-4-6-24(22)25;;/h4-11,17-20,26,28,38H,12-16,37H2,1-3H3,(H,40,46)(H,41,44);2*1H/t26-,28?;;/m1../s1. The number of nitrogens with zero attached hydrogens (tertiary/aromatic N) is 3. The Labute approximate surface area is 288 Å². The van der Waals surface area contributed by atoms with Crippen LogP contribution in [-0.2, 0) is 27.0 Å². The molecule has 4 aromatic rings. The zero-order valence-corrected chi connectivity index (χ0v) is 28.3. The number of H-pyrrole nitrogens is 1. The number of para-hydroxylation sites is 1. The van der Waals surface area contributed by atoms with Crippen LogP contribution in [0.5, 0.6) is 0 Å². The van der Waals surface area contributed by atoms with Gasteiger partial charge in [0, 0.05) is 42.8 Å². The van der Waals surface area contributed by atoms with Gasteiger partial charge in [-0.2, -0.15) is 13.2 Å². The second-order valence-electron chi connectivity index (χ2n) is 12.5. The molecule has 3 amide bonds. The van der Waals surface area contributed by atoms with Gasteiger partial charge in [-0.25, -0.2) is 4.98 Å². The number of aromatic amines is 1. The number of imidazole rings is 1. The van der Waals surface area contributed by atoms with Crippen LogP contribution in [0.15, 0.2) is 67.3 Å². The van der Waals surface area contributed by atoms with Crippen molar-refractivity contribution in [3.05, 3.63) is 83.9 Å². The van der Waals surface area contributed by atoms with E-state index in [1.165, 1.54) is 43.1 Å². The van der Waals surface area contributed by atoms with Gasteiger partial charge < -0.3 is 30.8 Å². The second-order valence-corrected chi connectivity index (χ2v) is 12.5. The molecule has 5 N–H and O–H groups in total. The number of carbonyl (C=O) groups is 3. The minimum absolute atomic E-state index is 0. The Bertz CT molecular complexity index is 1710. The number of nitrogens with two attached hydrogens (primary N) is 1. The molecule has 1 fully saturated rings. The lowest BCUT2D eigenvalue weighted by Gasteiger charge is -2.33. The SMILES string of the molecule is CC1CCN(C(=O)C(c2ccc(C(F)(F)F)cc2)n2cnc(NC(=O)[C@@H](Cc3c[nH]c4ccccc34)NC(=O)C(C)(C)N)c2)CC1.Cl.Cl. The summed E-state index contributed by atoms with van der Waals surface area (Å²) in [4.78, 5) is 49.5. The van der Waals surface area contributed by atoms with E-state index in [-0.39, 0.29) is 43.0 Å². The first-order valence-electron chi connectivity index (χ1n) is 15.2. The molecule has 1 saturated heterocycles. The van der Waals surface area contributed by atoms with E-state index in [1.807, 2.05) is 24.3 Å². The molecule has 1 unspecified atom stereocenters. The first-order chi connectivity index (χ1) is 21.7. The quantitative estimate of drug-likeness (QED) is 0.183. The molecule has 1 aliphatic heterocycles. The van der Waals surface area contributed by atoms with E-state index in [0.29, 0.717) is 24.6 Å². The van der Waals surface area contributed by atoms with Crippen LogP contribution >= 0.6 is 24.8 Å². The van der Waals surface area contributed by atoms with Crippen molar-refractivity contribution in [2.24, 2.45) is 11.7 Å². The second kappa shape index (κ2) is 15.4. The van der Waals surface area contributed by atoms with Gasteiger partial charge in [0.2, 0.25) is 17.7 Å². The number of halogens is 5. The van der Waals surface area contributed by atoms with Crippen LogP contribution in [0, 0.1) is 5.92 Å². The molecule has 0 saturated carbocycles. The van der Waals surface area contributed by atoms with Crippen LogP contribution in [-0.4, -0.2) is 61.8 Å². The summed E-state index contributed by atoms with van der Waals surface area (Å²) in [6.45, 7) is 6.24. The maximum absolute atomic E-state index is 13.8. The number of anilines is 1. The van der Waals surface area contributed by atoms with E-state index < -0.39 is 41.2 Å². The number of benzene rings is 2. The van der Waals surface area contributed by atoms with Crippen molar-refractivity contribution in [1.29, 1.82) is 0 Å². The van der Waals surface area contributed by atoms with E-state index in [0.717, 1.165) is 41.4 Å². The Morgan fingerprint density at radius 2 is 1.69 bits per heavy atom. The summed E-state index contributed by atoms with van der Waals surface area (Å²) in [6.07, 6.45) is 1.87. The van der Waals surface area contributed by atoms with Crippen molar-refractivity contribution in [2.45, 2.75) is 63.8 Å². The fourth-order valence-corrected chi connectivity index (χ4v) is 5.53. The number of hydrogen-bond acceptors (Lipinski definition) is 5. The molecule has 260 valence electrons. The van der Waals surface area contributed by atoms with Crippen molar-refractivity contribution >= 4 is 59.3 Å². The minimum atomic E-state index is -4.52. The summed E-state index contributed by atoms with van der Waals surface area (Å²) in [5.74, 6) is -0.799. The fourth-order valence-electron chi connectivity index (χ4n) is 5.53. The average molecular weight is 711 g/mol. The van der Waals surface area contributed by atoms with Gasteiger partial charge >= 0.3 is 6.18 Å². The van der Waals surface area contributed by atoms with Gasteiger partial charge in [-0.15, -0.1) is 24.8 Å². The molecule has 2 aromatic heterocycles. The molecule has 2 atom stereocenters. The van der Waals surface area contributed by atoms with Crippen LogP contribution in [0.3, 0.4) is 0 Å². The molecule has 48 heavy (non-hydrogen) atoms. The third kappa shape index (κ3) is 8.88. The molecule has 5 rings (SSSR count). The van der Waals surface area contributed by atoms with Gasteiger partial charge in [-0.1, -0.05) is 37.3 Å². The number of hydrogen-bond donors (Lipinski definition) is 4. The molecule has 1 aliphatic rings. The molecular weight excluding hydrogens is 670 g/mol. The van der Waals surface area contributed by atoms with E-state index in [9.17, 15) is 27.6 Å². The van der Waals surface area contributed by atoms with Gasteiger partial charge in [-0.05, 0) is 61.9 Å². The van der Waals surface area contributed by atoms with Crippen molar-refractivity contribution in [3.8, 4) is 0 Å². The normalized spacial score (nSPS) is 15.2. The number of aromatic nitrogens is 3. The van der Waals surface area contributed by atoms with Crippen LogP contribution in [0.25, 0.3) is 10.9 Å². The number of amides is 3. The zero-order valence-electron chi connectivity index (χ0n) is 26.7. The topological polar surface area (TPSA) is 138 Å². The molecule has 0 bridgehead atoms. The summed E-state index contributed by atoms with van der Waals surface area (Å²) in [7, 11) is 0. The van der Waals surface area contributed by atoms with Crippen LogP contribution in [0.2, 0.25) is 0 Å². The third-order valence-corrected chi connectivity index (χ3v) is 8.34. The highest BCUT2D eigenvalue weighted by Crippen LogP contribution is 2.32. The minimum Gasteiger partial charge on any atom is -0.361 e. The van der Waals surface area contributed by atoms with E-state index in [1.54, 1.807) is 11.1 Å². The molecule has 0 radical (unpaired) electrons. The van der Waals surface area contributed by atoms with Gasteiger partial charge in [0.05, 0.1) is 17.4 Å². The lowest BCUT2D eigenvalue weighted by molar-refractivity contribution is -0.137. The summed E-state index contributed by atoms with van der Waals surface area (Å²) >= 11 is 0. The third-order valence-electron chi connectivity index (χ3n) is 8.34. The predicted octanol–water partition coefficient (Wildman–Crippen LogP) is 5.48. The number of alkyl halides is 3. The zero-order chi connectivity index (χ0) is 33.2. The maximum Gasteiger partial charge on any atom is 0.416 e. The lowest BCUT2D eigenvalue weighted by atomic mass is 9.97. The molecule has 0 aliphatic carbocycles. The Morgan fingerprint density at radius 3 is 2.31 bits per heavy atom. The monoisotopic (exact) mass is 709 g/mol. The molecule has 2 aromatic carbocycles. The molecule has 15 heteroatoms. The summed E-state index contributed by atoms with van der Waals surface area (Å²) in [5, 5.41) is 6.37. The molecular formula is C33H40Cl2F3N7O3. The number of carbonyl (C=O) groups excluding carboxylic acids is 3. The number of likely N-dealkylation sites (tertiary alicyclic amines) is 1. The highest BCUT2D eigenvalue weighted by atomic mass is 35.5. The van der Waals surface area contributed by atoms with Crippen molar-refractivity contribution < 1.29 is 27.6 Å². The highest BCUT2D eigenvalue weighted by molar-refractivity contribution is 5.98. The largest absolute Gasteiger partial charge is 0.416 e. The van der Waals surface area contributed by atoms with E-state index in [2.05, 4.69) is 27.5 Å².